The number of aryl methyl sites for hydroxylation is 1. The standard InChI is InChI=1S/C12H18BrFNO3P/c1-4-17-19(16,18-5-2)12(15)10-7-9(13)6-8(3)11(10)14/h6-7,12H,4-5,15H2,1-3H3/t12-/m1/s1. The average Bonchev–Trinajstić information content (AvgIpc) is 2.33. The Bertz CT molecular complexity index is 488. The van der Waals surface area contributed by atoms with Crippen molar-refractivity contribution in [2.45, 2.75) is 26.6 Å². The maximum Gasteiger partial charge on any atom is 0.351 e. The smallest absolute Gasteiger partial charge is 0.314 e. The van der Waals surface area contributed by atoms with Gasteiger partial charge in [-0.3, -0.25) is 4.57 Å². The Hall–Kier alpha value is -0.260. The Balaban J connectivity index is 3.24. The molecule has 1 aromatic rings. The van der Waals surface area contributed by atoms with Crippen LogP contribution in [-0.4, -0.2) is 13.2 Å². The van der Waals surface area contributed by atoms with Crippen molar-refractivity contribution in [3.63, 3.8) is 0 Å². The molecule has 4 nitrogen and oxygen atoms in total. The molecule has 0 saturated carbocycles. The largest absolute Gasteiger partial charge is 0.351 e. The zero-order valence-electron chi connectivity index (χ0n) is 11.2. The summed E-state index contributed by atoms with van der Waals surface area (Å²) < 4.78 is 37.6. The number of benzene rings is 1. The molecule has 0 amide bonds. The molecular formula is C12H18BrFNO3P. The SMILES string of the molecule is CCOP(=O)(OCC)[C@@H](N)c1cc(Br)cc(C)c1F. The Morgan fingerprint density at radius 2 is 1.89 bits per heavy atom. The van der Waals surface area contributed by atoms with E-state index in [0.29, 0.717) is 10.0 Å². The van der Waals surface area contributed by atoms with Gasteiger partial charge in [0.15, 0.2) is 0 Å². The molecule has 0 heterocycles. The zero-order chi connectivity index (χ0) is 14.6. The summed E-state index contributed by atoms with van der Waals surface area (Å²) in [5.41, 5.74) is 6.45. The Kier molecular flexibility index (Phi) is 6.15. The first kappa shape index (κ1) is 16.8. The van der Waals surface area contributed by atoms with Crippen LogP contribution in [0.1, 0.15) is 30.8 Å². The van der Waals surface area contributed by atoms with Gasteiger partial charge >= 0.3 is 7.60 Å². The third kappa shape index (κ3) is 3.86. The van der Waals surface area contributed by atoms with E-state index in [4.69, 9.17) is 14.8 Å². The fourth-order valence-corrected chi connectivity index (χ4v) is 3.93. The van der Waals surface area contributed by atoms with E-state index >= 15 is 0 Å². The lowest BCUT2D eigenvalue weighted by Crippen LogP contribution is -2.17. The van der Waals surface area contributed by atoms with E-state index in [9.17, 15) is 8.96 Å². The van der Waals surface area contributed by atoms with E-state index in [1.54, 1.807) is 26.8 Å². The average molecular weight is 354 g/mol. The molecule has 2 N–H and O–H groups in total. The molecule has 1 atom stereocenters. The van der Waals surface area contributed by atoms with E-state index in [-0.39, 0.29) is 18.8 Å². The van der Waals surface area contributed by atoms with Gasteiger partial charge in [0.2, 0.25) is 0 Å². The lowest BCUT2D eigenvalue weighted by atomic mass is 10.1. The molecule has 7 heteroatoms. The summed E-state index contributed by atoms with van der Waals surface area (Å²) in [6.07, 6.45) is 0. The highest BCUT2D eigenvalue weighted by molar-refractivity contribution is 9.10. The second-order valence-corrected chi connectivity index (χ2v) is 7.01. The highest BCUT2D eigenvalue weighted by Gasteiger charge is 2.36. The van der Waals surface area contributed by atoms with Gasteiger partial charge in [-0.15, -0.1) is 0 Å². The van der Waals surface area contributed by atoms with Gasteiger partial charge in [0, 0.05) is 10.0 Å². The van der Waals surface area contributed by atoms with Crippen molar-refractivity contribution >= 4 is 23.5 Å². The summed E-state index contributed by atoms with van der Waals surface area (Å²) in [6.45, 7) is 5.34. The van der Waals surface area contributed by atoms with Crippen molar-refractivity contribution in [1.82, 2.24) is 0 Å². The second-order valence-electron chi connectivity index (χ2n) is 3.95. The van der Waals surface area contributed by atoms with Gasteiger partial charge in [-0.05, 0) is 38.5 Å². The lowest BCUT2D eigenvalue weighted by molar-refractivity contribution is 0.212. The number of hydrogen-bond acceptors (Lipinski definition) is 4. The first-order valence-electron chi connectivity index (χ1n) is 5.95. The van der Waals surface area contributed by atoms with Crippen LogP contribution >= 0.6 is 23.5 Å². The summed E-state index contributed by atoms with van der Waals surface area (Å²) in [7, 11) is -3.58. The topological polar surface area (TPSA) is 61.5 Å². The number of rotatable bonds is 6. The molecule has 19 heavy (non-hydrogen) atoms. The summed E-state index contributed by atoms with van der Waals surface area (Å²) in [5, 5.41) is 0. The monoisotopic (exact) mass is 353 g/mol. The number of nitrogens with two attached hydrogens (primary N) is 1. The third-order valence-electron chi connectivity index (χ3n) is 2.52. The summed E-state index contributed by atoms with van der Waals surface area (Å²) in [4.78, 5) is 0. The molecule has 1 aromatic carbocycles. The van der Waals surface area contributed by atoms with Gasteiger partial charge in [-0.1, -0.05) is 15.9 Å². The van der Waals surface area contributed by atoms with Crippen molar-refractivity contribution in [1.29, 1.82) is 0 Å². The van der Waals surface area contributed by atoms with Crippen LogP contribution < -0.4 is 5.73 Å². The van der Waals surface area contributed by atoms with Crippen LogP contribution in [0.25, 0.3) is 0 Å². The van der Waals surface area contributed by atoms with Crippen LogP contribution in [-0.2, 0) is 13.6 Å². The fraction of sp³-hybridized carbons (Fsp3) is 0.500. The first-order chi connectivity index (χ1) is 8.85. The minimum Gasteiger partial charge on any atom is -0.314 e. The van der Waals surface area contributed by atoms with E-state index in [1.807, 2.05) is 0 Å². The van der Waals surface area contributed by atoms with Crippen molar-refractivity contribution in [2.75, 3.05) is 13.2 Å². The Morgan fingerprint density at radius 3 is 2.37 bits per heavy atom. The molecule has 0 bridgehead atoms. The molecule has 0 aliphatic carbocycles. The van der Waals surface area contributed by atoms with Gasteiger partial charge in [0.05, 0.1) is 13.2 Å². The second kappa shape index (κ2) is 6.95. The van der Waals surface area contributed by atoms with Gasteiger partial charge in [0.25, 0.3) is 0 Å². The Labute approximate surface area is 121 Å². The van der Waals surface area contributed by atoms with E-state index in [1.165, 1.54) is 6.07 Å². The number of hydrogen-bond donors (Lipinski definition) is 1. The Morgan fingerprint density at radius 1 is 1.37 bits per heavy atom. The molecule has 0 unspecified atom stereocenters. The third-order valence-corrected chi connectivity index (χ3v) is 5.18. The molecule has 0 spiro atoms. The predicted molar refractivity (Wildman–Crippen MR) is 76.6 cm³/mol. The maximum absolute atomic E-state index is 14.1. The van der Waals surface area contributed by atoms with Crippen molar-refractivity contribution in [3.05, 3.63) is 33.5 Å². The molecule has 0 saturated heterocycles. The highest BCUT2D eigenvalue weighted by atomic mass is 79.9. The van der Waals surface area contributed by atoms with Crippen LogP contribution in [0, 0.1) is 12.7 Å². The van der Waals surface area contributed by atoms with E-state index in [2.05, 4.69) is 15.9 Å². The highest BCUT2D eigenvalue weighted by Crippen LogP contribution is 2.58. The molecule has 0 radical (unpaired) electrons. The molecule has 0 aliphatic rings. The normalized spacial score (nSPS) is 13.6. The van der Waals surface area contributed by atoms with Crippen LogP contribution in [0.5, 0.6) is 0 Å². The fourth-order valence-electron chi connectivity index (χ4n) is 1.69. The van der Waals surface area contributed by atoms with E-state index < -0.39 is 19.2 Å². The molecule has 0 aromatic heterocycles. The van der Waals surface area contributed by atoms with Crippen molar-refractivity contribution in [2.24, 2.45) is 5.73 Å². The molecule has 0 fully saturated rings. The molecule has 108 valence electrons. The van der Waals surface area contributed by atoms with Gasteiger partial charge in [0.1, 0.15) is 11.6 Å². The summed E-state index contributed by atoms with van der Waals surface area (Å²) in [6, 6.07) is 3.12. The predicted octanol–water partition coefficient (Wildman–Crippen LogP) is 4.12. The quantitative estimate of drug-likeness (QED) is 0.781. The maximum atomic E-state index is 14.1. The molecule has 0 aliphatic heterocycles. The number of halogens is 2. The minimum atomic E-state index is -3.58. The van der Waals surface area contributed by atoms with Crippen LogP contribution in [0.2, 0.25) is 0 Å². The van der Waals surface area contributed by atoms with Crippen LogP contribution in [0.3, 0.4) is 0 Å². The minimum absolute atomic E-state index is 0.122. The van der Waals surface area contributed by atoms with Gasteiger partial charge < -0.3 is 14.8 Å². The summed E-state index contributed by atoms with van der Waals surface area (Å²) >= 11 is 3.27. The van der Waals surface area contributed by atoms with Gasteiger partial charge in [-0.25, -0.2) is 4.39 Å². The summed E-state index contributed by atoms with van der Waals surface area (Å²) in [5.74, 6) is -1.64. The molecule has 1 rings (SSSR count). The van der Waals surface area contributed by atoms with Crippen LogP contribution in [0.15, 0.2) is 16.6 Å². The lowest BCUT2D eigenvalue weighted by Gasteiger charge is -2.24. The van der Waals surface area contributed by atoms with Gasteiger partial charge in [-0.2, -0.15) is 0 Å². The first-order valence-corrected chi connectivity index (χ1v) is 8.36. The van der Waals surface area contributed by atoms with E-state index in [0.717, 1.165) is 0 Å². The van der Waals surface area contributed by atoms with Crippen molar-refractivity contribution in [3.8, 4) is 0 Å². The zero-order valence-corrected chi connectivity index (χ0v) is 13.6. The van der Waals surface area contributed by atoms with Crippen molar-refractivity contribution < 1.29 is 18.0 Å². The molecular weight excluding hydrogens is 336 g/mol. The van der Waals surface area contributed by atoms with Crippen LogP contribution in [0.4, 0.5) is 4.39 Å².